The summed E-state index contributed by atoms with van der Waals surface area (Å²) in [5.74, 6) is -8.72. The van der Waals surface area contributed by atoms with Gasteiger partial charge in [0.1, 0.15) is 64.8 Å². The Hall–Kier alpha value is -15.3. The van der Waals surface area contributed by atoms with Gasteiger partial charge in [-0.05, 0) is 162 Å². The number of hydrogen-bond donors (Lipinski definition) is 19. The highest BCUT2D eigenvalue weighted by Gasteiger charge is 2.44. The molecule has 9 rings (SSSR count). The van der Waals surface area contributed by atoms with E-state index in [4.69, 9.17) is 29.4 Å². The number of primary amides is 1. The number of aromatic amines is 2. The number of nitrogens with two attached hydrogens (primary N) is 1. The summed E-state index contributed by atoms with van der Waals surface area (Å²) in [6.45, 7) is 13.2. The monoisotopic (exact) mass is 2080 g/mol. The van der Waals surface area contributed by atoms with Crippen LogP contribution in [-0.4, -0.2) is 292 Å². The van der Waals surface area contributed by atoms with E-state index in [0.717, 1.165) is 76.9 Å². The van der Waals surface area contributed by atoms with Crippen molar-refractivity contribution in [1.82, 2.24) is 94.4 Å². The molecule has 3 heterocycles. The maximum Gasteiger partial charge on any atom is 0.305 e. The number of tetrazole rings is 1. The number of ether oxygens (including phenoxy) is 5. The van der Waals surface area contributed by atoms with Crippen LogP contribution in [0, 0.1) is 36.9 Å². The fraction of sp³-hybridized carbons (Fsp3) is 0.457. The largest absolute Gasteiger partial charge is 0.494 e. The van der Waals surface area contributed by atoms with Gasteiger partial charge >= 0.3 is 5.97 Å². The average Bonchev–Trinajstić information content (AvgIpc) is 1.33. The molecule has 0 unspecified atom stereocenters. The van der Waals surface area contributed by atoms with Gasteiger partial charge in [0.05, 0.1) is 110 Å². The van der Waals surface area contributed by atoms with Gasteiger partial charge < -0.3 is 124 Å². The number of carboxylic acid groups (broad SMARTS) is 1. The SMILES string of the molecule is CCc1cc(OCCCCNC(=O)CCOCCOCCOCCOCCNC(=O)CCC(=O)N2Cc3ccccc3C#Cc3ccccc32)ccc1-c1ccc(C[C@H](NC(=O)[C@H](CC(=O)O)NC(=O)[C@H](CO)NC(=O)[C@@H](NC(=O)[C@](C)(Cc2ccccc2F)NC(=O)[C@@H](NC(=O)CNC(=O)[C@H](Cc2nn[nH]n2)NC(=O)C(C)(C)C(=O)NCCc2cnc[nH]2)[C@@H](C)O)[C@@H](C)O)C(=O)N[C@@H](CCCc2cc(C)cc(C)c2)C(N)=O)cc1. The molecule has 0 aliphatic carbocycles. The molecule has 44 nitrogen and oxygen atoms in total. The molecule has 1 aliphatic heterocycles. The van der Waals surface area contributed by atoms with E-state index >= 15 is 4.39 Å². The second-order valence-corrected chi connectivity index (χ2v) is 36.8. The zero-order valence-corrected chi connectivity index (χ0v) is 85.2. The molecule has 806 valence electrons. The predicted molar refractivity (Wildman–Crippen MR) is 544 cm³/mol. The smallest absolute Gasteiger partial charge is 0.305 e. The van der Waals surface area contributed by atoms with Crippen LogP contribution in [0.15, 0.2) is 146 Å². The molecule has 0 saturated carbocycles. The van der Waals surface area contributed by atoms with Crippen LogP contribution in [0.4, 0.5) is 10.1 Å². The highest BCUT2D eigenvalue weighted by molar-refractivity contribution is 6.06. The Morgan fingerprint density at radius 3 is 1.82 bits per heavy atom. The number of unbranched alkanes of at least 4 members (excludes halogenated alkanes) is 1. The van der Waals surface area contributed by atoms with E-state index in [2.05, 4.69) is 106 Å². The number of halogens is 1. The Balaban J connectivity index is 0.734. The van der Waals surface area contributed by atoms with Gasteiger partial charge in [0.25, 0.3) is 0 Å². The summed E-state index contributed by atoms with van der Waals surface area (Å²) in [5, 5.41) is 85.9. The lowest BCUT2D eigenvalue weighted by Crippen LogP contribution is -2.67. The molecule has 0 bridgehead atoms. The number of benzene rings is 6. The minimum atomic E-state index is -2.43. The van der Waals surface area contributed by atoms with Crippen LogP contribution in [0.2, 0.25) is 0 Å². The molecule has 0 spiro atoms. The number of anilines is 1. The molecular formula is C105H135FN20O24. The maximum atomic E-state index is 15.6. The van der Waals surface area contributed by atoms with Crippen LogP contribution >= 0.6 is 0 Å². The van der Waals surface area contributed by atoms with Crippen molar-refractivity contribution in [2.75, 3.05) is 97.1 Å². The number of carboxylic acids is 1. The number of aromatic nitrogens is 6. The number of nitrogens with zero attached hydrogens (tertiary/aromatic N) is 5. The number of aliphatic hydroxyl groups excluding tert-OH is 3. The first-order valence-electron chi connectivity index (χ1n) is 49.5. The normalized spacial score (nSPS) is 13.7. The van der Waals surface area contributed by atoms with Crippen LogP contribution in [0.5, 0.6) is 5.75 Å². The molecule has 45 heteroatoms. The Kier molecular flexibility index (Phi) is 47.4. The minimum Gasteiger partial charge on any atom is -0.494 e. The van der Waals surface area contributed by atoms with Gasteiger partial charge in [0.15, 0.2) is 5.82 Å². The summed E-state index contributed by atoms with van der Waals surface area (Å²) in [4.78, 5) is 215. The molecule has 0 saturated heterocycles. The Morgan fingerprint density at radius 1 is 0.547 bits per heavy atom. The maximum absolute atomic E-state index is 15.6. The number of fused-ring (bicyclic) bond motifs is 2. The lowest BCUT2D eigenvalue weighted by molar-refractivity contribution is -0.143. The van der Waals surface area contributed by atoms with E-state index in [9.17, 15) is 92.3 Å². The van der Waals surface area contributed by atoms with Crippen molar-refractivity contribution >= 4 is 94.4 Å². The van der Waals surface area contributed by atoms with Crippen LogP contribution in [0.25, 0.3) is 11.1 Å². The summed E-state index contributed by atoms with van der Waals surface area (Å²) < 4.78 is 44.1. The van der Waals surface area contributed by atoms with Crippen molar-refractivity contribution in [3.8, 4) is 28.7 Å². The van der Waals surface area contributed by atoms with Gasteiger partial charge in [-0.3, -0.25) is 71.9 Å². The number of rotatable bonds is 64. The summed E-state index contributed by atoms with van der Waals surface area (Å²) >= 11 is 0. The number of hydrogen-bond acceptors (Lipinski definition) is 27. The van der Waals surface area contributed by atoms with E-state index in [1.807, 2.05) is 106 Å². The van der Waals surface area contributed by atoms with Crippen LogP contribution in [0.1, 0.15) is 154 Å². The van der Waals surface area contributed by atoms with E-state index in [1.165, 1.54) is 38.4 Å². The number of aliphatic carboxylic acids is 1. The molecule has 8 aromatic rings. The molecule has 0 radical (unpaired) electrons. The third-order valence-corrected chi connectivity index (χ3v) is 24.3. The first kappa shape index (κ1) is 118. The van der Waals surface area contributed by atoms with Gasteiger partial charge in [-0.15, -0.1) is 10.2 Å². The van der Waals surface area contributed by atoms with E-state index in [-0.39, 0.29) is 94.1 Å². The van der Waals surface area contributed by atoms with Crippen LogP contribution in [-0.2, 0) is 136 Å². The Bertz CT molecular complexity index is 5940. The average molecular weight is 2080 g/mol. The molecule has 6 aromatic carbocycles. The fourth-order valence-electron chi connectivity index (χ4n) is 16.0. The zero-order chi connectivity index (χ0) is 109. The fourth-order valence-corrected chi connectivity index (χ4v) is 16.0. The number of carbonyl (C=O) groups is 15. The number of para-hydroxylation sites is 1. The van der Waals surface area contributed by atoms with E-state index in [1.54, 1.807) is 35.4 Å². The highest BCUT2D eigenvalue weighted by atomic mass is 19.1. The van der Waals surface area contributed by atoms with Gasteiger partial charge in [0, 0.05) is 87.6 Å². The number of aryl methyl sites for hydroxylation is 4. The van der Waals surface area contributed by atoms with Crippen molar-refractivity contribution in [3.05, 3.63) is 213 Å². The molecule has 14 amide bonds. The van der Waals surface area contributed by atoms with Crippen molar-refractivity contribution < 1.29 is 120 Å². The van der Waals surface area contributed by atoms with Gasteiger partial charge in [-0.2, -0.15) is 5.21 Å². The molecule has 1 aliphatic rings. The van der Waals surface area contributed by atoms with Crippen LogP contribution in [0.3, 0.4) is 0 Å². The molecule has 20 N–H and O–H groups in total. The number of aliphatic hydroxyl groups is 3. The third-order valence-electron chi connectivity index (χ3n) is 24.3. The summed E-state index contributed by atoms with van der Waals surface area (Å²) in [6, 6.07) is 25.8. The molecule has 2 aromatic heterocycles. The Morgan fingerprint density at radius 2 is 1.16 bits per heavy atom. The highest BCUT2D eigenvalue weighted by Crippen LogP contribution is 2.31. The number of amides is 14. The first-order valence-corrected chi connectivity index (χ1v) is 49.5. The lowest BCUT2D eigenvalue weighted by Gasteiger charge is -2.34. The predicted octanol–water partition coefficient (Wildman–Crippen LogP) is 1.02. The molecular weight excluding hydrogens is 1940 g/mol. The van der Waals surface area contributed by atoms with Gasteiger partial charge in [0.2, 0.25) is 82.7 Å². The number of carbonyl (C=O) groups excluding carboxylic acids is 14. The van der Waals surface area contributed by atoms with Gasteiger partial charge in [-0.25, -0.2) is 9.37 Å². The van der Waals surface area contributed by atoms with Crippen molar-refractivity contribution in [1.29, 1.82) is 0 Å². The lowest BCUT2D eigenvalue weighted by atomic mass is 9.90. The molecule has 0 fully saturated rings. The topological polar surface area (TPSA) is 640 Å². The quantitative estimate of drug-likeness (QED) is 0.0144. The summed E-state index contributed by atoms with van der Waals surface area (Å²) in [5.41, 5.74) is 11.3. The molecule has 10 atom stereocenters. The number of nitrogens with one attached hydrogen (secondary N) is 14. The Labute approximate surface area is 867 Å². The van der Waals surface area contributed by atoms with Crippen molar-refractivity contribution in [3.63, 3.8) is 0 Å². The van der Waals surface area contributed by atoms with Crippen molar-refractivity contribution in [2.45, 2.75) is 212 Å². The minimum absolute atomic E-state index is 0.0237. The standard InChI is InChI=1S/C105H135FN20O24/c1-9-70-55-77(150-42-17-16-39-109-88(131)38-43-146-45-47-148-49-50-149-48-46-147-44-41-110-87(130)35-36-90(133)126-61-75-23-11-10-20-71(75)31-32-73-21-13-15-26-85(73)126)33-34-78(70)72-29-27-68(28-30-72)54-81(96(138)114-80(94(107)136)25-18-19-69-52-64(2)51-65(3)53-69)115-97(139)83(57-91(134)135)116-98(140)84(62-127)117-99(141)92(66(4)128)120-103(145)105(8,58-74-22-12-14-24-79(74)106)121-100(142)93(67(5)129)119-89(132)60-112-95(137)82(56-86-122-124-125-123-86)118-102(144)104(6,7)101(143)111-40-37-76-59-108-63-113-76/h10-15,20-24,26-30,33-34,51-53,55,59,63,66-67,80-84,92-93,127-129H,9,16-19,25,35-50,54,56-58,60-62H2,1-8H3,(H2,107,136)(H,108,113)(H,109,131)(H,110,130)(H,111,143)(H,112,137)(H,114,138)(H,115,139)(H,116,140)(H,117,141)(H,118,144)(H,119,132)(H,120,145)(H,121,142)(H,134,135)(H,122,123,124,125)/t66-,67-,80+,81+,82+,83+,84+,92+,93+,105+/m1/s1. The van der Waals surface area contributed by atoms with E-state index < -0.39 is 175 Å². The zero-order valence-electron chi connectivity index (χ0n) is 85.2. The summed E-state index contributed by atoms with van der Waals surface area (Å²) in [6.07, 6.45) is -0.0938. The third kappa shape index (κ3) is 38.4. The molecule has 150 heavy (non-hydrogen) atoms. The van der Waals surface area contributed by atoms with Crippen molar-refractivity contribution in [2.24, 2.45) is 11.1 Å². The van der Waals surface area contributed by atoms with Crippen LogP contribution < -0.4 is 79.2 Å². The first-order chi connectivity index (χ1) is 71.8. The number of imidazole rings is 1. The summed E-state index contributed by atoms with van der Waals surface area (Å²) in [7, 11) is 0. The number of H-pyrrole nitrogens is 2. The van der Waals surface area contributed by atoms with E-state index in [0.29, 0.717) is 114 Å². The second-order valence-electron chi connectivity index (χ2n) is 36.8. The second kappa shape index (κ2) is 60.2. The van der Waals surface area contributed by atoms with Gasteiger partial charge in [-0.1, -0.05) is 132 Å².